The van der Waals surface area contributed by atoms with Crippen LogP contribution < -0.4 is 5.73 Å². The molecule has 4 heteroatoms. The number of likely N-dealkylation sites (tertiary alicyclic amines) is 1. The maximum Gasteiger partial charge on any atom is 0.410 e. The number of nitrogens with two attached hydrogens (primary N) is 1. The van der Waals surface area contributed by atoms with Crippen molar-refractivity contribution in [3.05, 3.63) is 0 Å². The van der Waals surface area contributed by atoms with E-state index in [2.05, 4.69) is 0 Å². The third kappa shape index (κ3) is 3.85. The van der Waals surface area contributed by atoms with E-state index in [1.807, 2.05) is 25.7 Å². The lowest BCUT2D eigenvalue weighted by molar-refractivity contribution is 0.0252. The van der Waals surface area contributed by atoms with Crippen molar-refractivity contribution in [2.75, 3.05) is 19.6 Å². The minimum absolute atomic E-state index is 0.150. The zero-order chi connectivity index (χ0) is 14.0. The second-order valence-corrected chi connectivity index (χ2v) is 7.14. The van der Waals surface area contributed by atoms with E-state index in [0.29, 0.717) is 5.92 Å². The average Bonchev–Trinajstić information content (AvgIpc) is 2.59. The van der Waals surface area contributed by atoms with E-state index < -0.39 is 5.60 Å². The van der Waals surface area contributed by atoms with Crippen LogP contribution in [0, 0.1) is 17.8 Å². The molecule has 2 atom stereocenters. The van der Waals surface area contributed by atoms with Gasteiger partial charge in [-0.2, -0.15) is 0 Å². The fourth-order valence-corrected chi connectivity index (χ4v) is 3.50. The number of nitrogens with zero attached hydrogens (tertiary/aromatic N) is 1. The Morgan fingerprint density at radius 1 is 1.21 bits per heavy atom. The van der Waals surface area contributed by atoms with Crippen LogP contribution in [0.4, 0.5) is 4.79 Å². The summed E-state index contributed by atoms with van der Waals surface area (Å²) in [7, 11) is 0. The average molecular weight is 268 g/mol. The van der Waals surface area contributed by atoms with E-state index in [1.54, 1.807) is 0 Å². The van der Waals surface area contributed by atoms with Crippen molar-refractivity contribution >= 4 is 6.09 Å². The molecule has 2 fully saturated rings. The zero-order valence-electron chi connectivity index (χ0n) is 12.5. The molecular formula is C15H28N2O2. The minimum atomic E-state index is -0.399. The summed E-state index contributed by atoms with van der Waals surface area (Å²) in [5.41, 5.74) is 5.39. The number of hydrogen-bond acceptors (Lipinski definition) is 3. The van der Waals surface area contributed by atoms with Crippen LogP contribution in [0.1, 0.15) is 46.5 Å². The molecule has 2 aliphatic rings. The summed E-state index contributed by atoms with van der Waals surface area (Å²) in [5, 5.41) is 0. The molecule has 0 aromatic carbocycles. The van der Waals surface area contributed by atoms with Gasteiger partial charge in [0.2, 0.25) is 0 Å². The van der Waals surface area contributed by atoms with Crippen LogP contribution in [-0.2, 0) is 4.74 Å². The first-order chi connectivity index (χ1) is 8.89. The molecule has 0 radical (unpaired) electrons. The standard InChI is InChI=1S/C15H28N2O2/c1-15(2,3)19-14(18)17-6-4-12-8-11(10-16)9-13(12)5-7-17/h11-13H,4-10,16H2,1-3H3. The fourth-order valence-electron chi connectivity index (χ4n) is 3.50. The highest BCUT2D eigenvalue weighted by atomic mass is 16.6. The van der Waals surface area contributed by atoms with Gasteiger partial charge in [0.1, 0.15) is 5.60 Å². The van der Waals surface area contributed by atoms with Gasteiger partial charge in [-0.15, -0.1) is 0 Å². The van der Waals surface area contributed by atoms with Gasteiger partial charge < -0.3 is 15.4 Å². The number of rotatable bonds is 1. The van der Waals surface area contributed by atoms with Crippen molar-refractivity contribution in [2.24, 2.45) is 23.5 Å². The van der Waals surface area contributed by atoms with Gasteiger partial charge in [0.25, 0.3) is 0 Å². The monoisotopic (exact) mass is 268 g/mol. The van der Waals surface area contributed by atoms with Crippen LogP contribution in [-0.4, -0.2) is 36.2 Å². The molecule has 1 aliphatic heterocycles. The normalized spacial score (nSPS) is 31.8. The molecule has 19 heavy (non-hydrogen) atoms. The smallest absolute Gasteiger partial charge is 0.410 e. The van der Waals surface area contributed by atoms with Crippen molar-refractivity contribution in [1.82, 2.24) is 4.90 Å². The molecule has 0 aromatic rings. The van der Waals surface area contributed by atoms with Crippen LogP contribution in [0.5, 0.6) is 0 Å². The van der Waals surface area contributed by atoms with Gasteiger partial charge in [0.05, 0.1) is 0 Å². The largest absolute Gasteiger partial charge is 0.444 e. The Labute approximate surface area is 116 Å². The van der Waals surface area contributed by atoms with E-state index >= 15 is 0 Å². The molecular weight excluding hydrogens is 240 g/mol. The maximum absolute atomic E-state index is 12.1. The Balaban J connectivity index is 1.87. The third-order valence-electron chi connectivity index (χ3n) is 4.46. The Hall–Kier alpha value is -0.770. The molecule has 1 aliphatic carbocycles. The second kappa shape index (κ2) is 5.70. The fraction of sp³-hybridized carbons (Fsp3) is 0.933. The Kier molecular flexibility index (Phi) is 4.39. The number of ether oxygens (including phenoxy) is 1. The zero-order valence-corrected chi connectivity index (χ0v) is 12.5. The van der Waals surface area contributed by atoms with E-state index in [4.69, 9.17) is 10.5 Å². The Morgan fingerprint density at radius 3 is 2.16 bits per heavy atom. The number of fused-ring (bicyclic) bond motifs is 1. The van der Waals surface area contributed by atoms with E-state index in [1.165, 1.54) is 12.8 Å². The lowest BCUT2D eigenvalue weighted by Crippen LogP contribution is -2.37. The highest BCUT2D eigenvalue weighted by molar-refractivity contribution is 5.68. The van der Waals surface area contributed by atoms with Gasteiger partial charge in [0, 0.05) is 13.1 Å². The van der Waals surface area contributed by atoms with E-state index in [9.17, 15) is 4.79 Å². The molecule has 1 saturated heterocycles. The molecule has 0 spiro atoms. The lowest BCUT2D eigenvalue weighted by Gasteiger charge is -2.26. The minimum Gasteiger partial charge on any atom is -0.444 e. The molecule has 0 bridgehead atoms. The molecule has 2 rings (SSSR count). The molecule has 110 valence electrons. The summed E-state index contributed by atoms with van der Waals surface area (Å²) in [6.45, 7) is 8.26. The predicted molar refractivity (Wildman–Crippen MR) is 75.8 cm³/mol. The first-order valence-electron chi connectivity index (χ1n) is 7.57. The predicted octanol–water partition coefficient (Wildman–Crippen LogP) is 2.62. The van der Waals surface area contributed by atoms with Gasteiger partial charge in [-0.25, -0.2) is 4.79 Å². The van der Waals surface area contributed by atoms with Gasteiger partial charge in [-0.05, 0) is 70.8 Å². The highest BCUT2D eigenvalue weighted by Crippen LogP contribution is 2.41. The topological polar surface area (TPSA) is 55.6 Å². The summed E-state index contributed by atoms with van der Waals surface area (Å²) in [6, 6.07) is 0. The van der Waals surface area contributed by atoms with Gasteiger partial charge in [0.15, 0.2) is 0 Å². The van der Waals surface area contributed by atoms with Crippen LogP contribution in [0.3, 0.4) is 0 Å². The quantitative estimate of drug-likeness (QED) is 0.795. The lowest BCUT2D eigenvalue weighted by atomic mass is 9.92. The third-order valence-corrected chi connectivity index (χ3v) is 4.46. The maximum atomic E-state index is 12.1. The van der Waals surface area contributed by atoms with Crippen molar-refractivity contribution in [1.29, 1.82) is 0 Å². The molecule has 1 heterocycles. The molecule has 2 N–H and O–H groups in total. The van der Waals surface area contributed by atoms with E-state index in [-0.39, 0.29) is 6.09 Å². The highest BCUT2D eigenvalue weighted by Gasteiger charge is 2.36. The summed E-state index contributed by atoms with van der Waals surface area (Å²) in [5.74, 6) is 2.24. The molecule has 2 unspecified atom stereocenters. The first-order valence-corrected chi connectivity index (χ1v) is 7.57. The van der Waals surface area contributed by atoms with E-state index in [0.717, 1.165) is 44.3 Å². The number of carbonyl (C=O) groups excluding carboxylic acids is 1. The van der Waals surface area contributed by atoms with Crippen molar-refractivity contribution in [3.8, 4) is 0 Å². The summed E-state index contributed by atoms with van der Waals surface area (Å²) in [6.07, 6.45) is 4.58. The van der Waals surface area contributed by atoms with Crippen LogP contribution in [0.25, 0.3) is 0 Å². The van der Waals surface area contributed by atoms with Crippen molar-refractivity contribution in [3.63, 3.8) is 0 Å². The summed E-state index contributed by atoms with van der Waals surface area (Å²) in [4.78, 5) is 14.0. The van der Waals surface area contributed by atoms with Crippen molar-refractivity contribution < 1.29 is 9.53 Å². The molecule has 4 nitrogen and oxygen atoms in total. The first kappa shape index (κ1) is 14.6. The summed E-state index contributed by atoms with van der Waals surface area (Å²) >= 11 is 0. The molecule has 1 saturated carbocycles. The molecule has 1 amide bonds. The summed E-state index contributed by atoms with van der Waals surface area (Å²) < 4.78 is 5.46. The second-order valence-electron chi connectivity index (χ2n) is 7.14. The van der Waals surface area contributed by atoms with Crippen molar-refractivity contribution in [2.45, 2.75) is 52.1 Å². The number of amides is 1. The SMILES string of the molecule is CC(C)(C)OC(=O)N1CCC2CC(CN)CC2CC1. The van der Waals surface area contributed by atoms with Gasteiger partial charge in [-0.3, -0.25) is 0 Å². The number of carbonyl (C=O) groups is 1. The van der Waals surface area contributed by atoms with Crippen LogP contribution in [0.2, 0.25) is 0 Å². The van der Waals surface area contributed by atoms with Crippen LogP contribution >= 0.6 is 0 Å². The molecule has 0 aromatic heterocycles. The van der Waals surface area contributed by atoms with Gasteiger partial charge in [-0.1, -0.05) is 0 Å². The Morgan fingerprint density at radius 2 is 1.74 bits per heavy atom. The van der Waals surface area contributed by atoms with Crippen LogP contribution in [0.15, 0.2) is 0 Å². The Bertz CT molecular complexity index is 309. The van der Waals surface area contributed by atoms with Gasteiger partial charge >= 0.3 is 6.09 Å². The number of hydrogen-bond donors (Lipinski definition) is 1.